The molecular weight excluding hydrogens is 635 g/mol. The second kappa shape index (κ2) is 12.2. The van der Waals surface area contributed by atoms with Crippen molar-refractivity contribution in [2.75, 3.05) is 18.1 Å². The SMILES string of the molecule is CSc1nc2c(F)c(Br)c(CCC#N)cc2c(N[C@H]2[C@@H]3C[C@H]2N(C(=O)OC(C)(C)C)C3)c1C#C[C@@H](C)n1ccncc1=O. The number of amides is 1. The molecular formula is C31H32BrFN6O3S. The summed E-state index contributed by atoms with van der Waals surface area (Å²) in [6, 6.07) is 3.33. The Kier molecular flexibility index (Phi) is 8.73. The summed E-state index contributed by atoms with van der Waals surface area (Å²) in [6.07, 6.45) is 7.28. The molecule has 4 atom stereocenters. The van der Waals surface area contributed by atoms with Crippen LogP contribution in [0.25, 0.3) is 10.9 Å². The van der Waals surface area contributed by atoms with Gasteiger partial charge in [0.15, 0.2) is 5.82 Å². The van der Waals surface area contributed by atoms with Crippen molar-refractivity contribution in [3.8, 4) is 17.9 Å². The number of ether oxygens (including phenoxy) is 1. The third-order valence-electron chi connectivity index (χ3n) is 7.72. The summed E-state index contributed by atoms with van der Waals surface area (Å²) < 4.78 is 23.3. The highest BCUT2D eigenvalue weighted by Gasteiger charge is 2.55. The molecule has 3 fully saturated rings. The van der Waals surface area contributed by atoms with Crippen LogP contribution >= 0.6 is 27.7 Å². The Labute approximate surface area is 262 Å². The first-order valence-corrected chi connectivity index (χ1v) is 16.0. The quantitative estimate of drug-likeness (QED) is 0.255. The first-order chi connectivity index (χ1) is 20.4. The van der Waals surface area contributed by atoms with Gasteiger partial charge in [-0.15, -0.1) is 11.8 Å². The third-order valence-corrected chi connectivity index (χ3v) is 9.26. The lowest BCUT2D eigenvalue weighted by molar-refractivity contribution is 0.0239. The van der Waals surface area contributed by atoms with E-state index in [1.165, 1.54) is 28.7 Å². The van der Waals surface area contributed by atoms with Gasteiger partial charge in [0.05, 0.1) is 46.1 Å². The van der Waals surface area contributed by atoms with Gasteiger partial charge in [-0.25, -0.2) is 14.2 Å². The summed E-state index contributed by atoms with van der Waals surface area (Å²) in [5.41, 5.74) is 1.15. The van der Waals surface area contributed by atoms with Crippen LogP contribution in [0.1, 0.15) is 57.7 Å². The van der Waals surface area contributed by atoms with Gasteiger partial charge >= 0.3 is 6.09 Å². The van der Waals surface area contributed by atoms with Crippen LogP contribution in [0.15, 0.2) is 39.0 Å². The number of nitriles is 1. The fourth-order valence-corrected chi connectivity index (χ4v) is 6.65. The smallest absolute Gasteiger partial charge is 0.410 e. The zero-order valence-electron chi connectivity index (χ0n) is 24.6. The van der Waals surface area contributed by atoms with E-state index in [1.807, 2.05) is 40.0 Å². The number of pyridine rings is 1. The van der Waals surface area contributed by atoms with Gasteiger partial charge in [0.2, 0.25) is 0 Å². The zero-order valence-corrected chi connectivity index (χ0v) is 27.0. The predicted octanol–water partition coefficient (Wildman–Crippen LogP) is 5.90. The molecule has 1 aliphatic carbocycles. The number of aromatic nitrogens is 3. The van der Waals surface area contributed by atoms with Gasteiger partial charge in [-0.2, -0.15) is 5.26 Å². The van der Waals surface area contributed by atoms with Crippen molar-refractivity contribution in [3.05, 3.63) is 56.4 Å². The van der Waals surface area contributed by atoms with Gasteiger partial charge in [0, 0.05) is 36.7 Å². The number of carbonyl (C=O) groups is 1. The van der Waals surface area contributed by atoms with Gasteiger partial charge in [-0.3, -0.25) is 14.3 Å². The van der Waals surface area contributed by atoms with Crippen molar-refractivity contribution in [2.45, 2.75) is 75.7 Å². The van der Waals surface area contributed by atoms with E-state index >= 15 is 4.39 Å². The Hall–Kier alpha value is -3.61. The van der Waals surface area contributed by atoms with E-state index in [9.17, 15) is 14.9 Å². The molecule has 1 aromatic carbocycles. The van der Waals surface area contributed by atoms with E-state index in [0.29, 0.717) is 40.2 Å². The number of fused-ring (bicyclic) bond motifs is 2. The van der Waals surface area contributed by atoms with Crippen LogP contribution in [0.4, 0.5) is 14.9 Å². The summed E-state index contributed by atoms with van der Waals surface area (Å²) in [5.74, 6) is 6.10. The fraction of sp³-hybridized carbons (Fsp3) is 0.452. The highest BCUT2D eigenvalue weighted by molar-refractivity contribution is 9.10. The average Bonchev–Trinajstić information content (AvgIpc) is 3.56. The number of rotatable bonds is 6. The summed E-state index contributed by atoms with van der Waals surface area (Å²) in [5, 5.41) is 13.9. The molecule has 0 spiro atoms. The molecule has 224 valence electrons. The number of aryl methyl sites for hydroxylation is 1. The van der Waals surface area contributed by atoms with Crippen molar-refractivity contribution in [1.82, 2.24) is 19.4 Å². The van der Waals surface area contributed by atoms with Crippen LogP contribution < -0.4 is 10.9 Å². The van der Waals surface area contributed by atoms with Gasteiger partial charge in [0.25, 0.3) is 5.56 Å². The maximum absolute atomic E-state index is 15.8. The van der Waals surface area contributed by atoms with Crippen LogP contribution in [-0.4, -0.2) is 56.0 Å². The molecule has 4 heterocycles. The van der Waals surface area contributed by atoms with Crippen molar-refractivity contribution >= 4 is 50.4 Å². The number of hydrogen-bond donors (Lipinski definition) is 1. The number of benzene rings is 1. The van der Waals surface area contributed by atoms with E-state index in [4.69, 9.17) is 4.74 Å². The summed E-state index contributed by atoms with van der Waals surface area (Å²) >= 11 is 4.73. The molecule has 3 aliphatic rings. The largest absolute Gasteiger partial charge is 0.444 e. The molecule has 0 radical (unpaired) electrons. The van der Waals surface area contributed by atoms with E-state index in [-0.39, 0.29) is 46.1 Å². The number of carbonyl (C=O) groups excluding carboxylic acids is 1. The molecule has 2 bridgehead atoms. The monoisotopic (exact) mass is 666 g/mol. The standard InChI is InChI=1S/C31H32BrFN6O3S/c1-17(38-12-11-35-15-23(38)40)8-9-20-27(36-26-19-14-22(26)39(16-19)30(41)42-31(2,3)4)21-13-18(7-6-10-34)24(32)25(33)28(21)37-29(20)43-5/h11-13,15,17,19,22,26H,6-7,14,16H2,1-5H3,(H,36,37)/t17-,19-,22-,26+/m1/s1. The number of hydrogen-bond acceptors (Lipinski definition) is 8. The van der Waals surface area contributed by atoms with Gasteiger partial charge in [-0.05, 0) is 74.4 Å². The second-order valence-electron chi connectivity index (χ2n) is 11.7. The molecule has 9 nitrogen and oxygen atoms in total. The molecule has 1 saturated carbocycles. The Morgan fingerprint density at radius 3 is 2.84 bits per heavy atom. The molecule has 1 amide bonds. The van der Waals surface area contributed by atoms with Gasteiger partial charge < -0.3 is 15.0 Å². The Morgan fingerprint density at radius 1 is 1.40 bits per heavy atom. The van der Waals surface area contributed by atoms with Gasteiger partial charge in [0.1, 0.15) is 16.1 Å². The Bertz CT molecular complexity index is 1760. The van der Waals surface area contributed by atoms with Crippen LogP contribution in [0.5, 0.6) is 0 Å². The maximum Gasteiger partial charge on any atom is 0.410 e. The lowest BCUT2D eigenvalue weighted by Crippen LogP contribution is -2.50. The number of nitrogens with zero attached hydrogens (tertiary/aromatic N) is 5. The lowest BCUT2D eigenvalue weighted by atomic mass is 9.79. The minimum absolute atomic E-state index is 0.0886. The van der Waals surface area contributed by atoms with Crippen molar-refractivity contribution < 1.29 is 13.9 Å². The molecule has 2 aliphatic heterocycles. The summed E-state index contributed by atoms with van der Waals surface area (Å²) in [4.78, 5) is 35.7. The first-order valence-electron chi connectivity index (χ1n) is 14.0. The summed E-state index contributed by atoms with van der Waals surface area (Å²) in [7, 11) is 0. The number of nitrogens with one attached hydrogen (secondary N) is 1. The highest BCUT2D eigenvalue weighted by atomic mass is 79.9. The van der Waals surface area contributed by atoms with E-state index in [1.54, 1.807) is 11.1 Å². The van der Waals surface area contributed by atoms with E-state index in [2.05, 4.69) is 49.1 Å². The van der Waals surface area contributed by atoms with Crippen molar-refractivity contribution in [1.29, 1.82) is 5.26 Å². The molecule has 6 rings (SSSR count). The minimum Gasteiger partial charge on any atom is -0.444 e. The maximum atomic E-state index is 15.8. The molecule has 2 aromatic heterocycles. The van der Waals surface area contributed by atoms with Crippen LogP contribution in [0.3, 0.4) is 0 Å². The Balaban J connectivity index is 1.62. The summed E-state index contributed by atoms with van der Waals surface area (Å²) in [6.45, 7) is 7.91. The van der Waals surface area contributed by atoms with Crippen molar-refractivity contribution in [2.24, 2.45) is 5.92 Å². The van der Waals surface area contributed by atoms with E-state index in [0.717, 1.165) is 6.42 Å². The number of thioether (sulfide) groups is 1. The third kappa shape index (κ3) is 6.09. The molecule has 3 aromatic rings. The molecule has 12 heteroatoms. The minimum atomic E-state index is -0.609. The second-order valence-corrected chi connectivity index (χ2v) is 13.3. The van der Waals surface area contributed by atoms with E-state index < -0.39 is 17.5 Å². The topological polar surface area (TPSA) is 113 Å². The number of halogens is 2. The van der Waals surface area contributed by atoms with Crippen molar-refractivity contribution in [3.63, 3.8) is 0 Å². The fourth-order valence-electron chi connectivity index (χ4n) is 5.61. The predicted molar refractivity (Wildman–Crippen MR) is 167 cm³/mol. The normalized spacial score (nSPS) is 19.7. The average molecular weight is 668 g/mol. The number of anilines is 1. The highest BCUT2D eigenvalue weighted by Crippen LogP contribution is 2.46. The lowest BCUT2D eigenvalue weighted by Gasteiger charge is -2.38. The molecule has 0 unspecified atom stereocenters. The molecule has 2 saturated heterocycles. The van der Waals surface area contributed by atoms with Crippen LogP contribution in [-0.2, 0) is 11.2 Å². The van der Waals surface area contributed by atoms with Gasteiger partial charge in [-0.1, -0.05) is 11.8 Å². The van der Waals surface area contributed by atoms with Crippen LogP contribution in [0, 0.1) is 34.9 Å². The van der Waals surface area contributed by atoms with Crippen LogP contribution in [0.2, 0.25) is 0 Å². The Morgan fingerprint density at radius 2 is 2.16 bits per heavy atom. The first kappa shape index (κ1) is 30.8. The molecule has 43 heavy (non-hydrogen) atoms. The zero-order chi connectivity index (χ0) is 31.1. The molecule has 1 N–H and O–H groups in total.